The number of imidazole rings is 1. The fraction of sp³-hybridized carbons (Fsp3) is 0.333. The number of pyridine rings is 1. The van der Waals surface area contributed by atoms with Gasteiger partial charge in [-0.1, -0.05) is 18.2 Å². The highest BCUT2D eigenvalue weighted by molar-refractivity contribution is 5.95. The molecule has 2 aliphatic heterocycles. The number of fused-ring (bicyclic) bond motifs is 1. The molecule has 1 amide bonds. The highest BCUT2D eigenvalue weighted by Gasteiger charge is 2.41. The molecule has 6 rings (SSSR count). The number of amides is 1. The van der Waals surface area contributed by atoms with E-state index in [4.69, 9.17) is 9.15 Å². The normalized spacial score (nSPS) is 17.0. The van der Waals surface area contributed by atoms with Crippen LogP contribution in [-0.2, 0) is 16.1 Å². The van der Waals surface area contributed by atoms with Crippen molar-refractivity contribution in [3.8, 4) is 11.5 Å². The van der Waals surface area contributed by atoms with E-state index in [1.54, 1.807) is 27.6 Å². The number of benzene rings is 1. The summed E-state index contributed by atoms with van der Waals surface area (Å²) in [5.74, 6) is -0.725. The maximum Gasteiger partial charge on any atom is 0.314 e. The number of alkyl halides is 2. The van der Waals surface area contributed by atoms with E-state index in [2.05, 4.69) is 20.1 Å². The summed E-state index contributed by atoms with van der Waals surface area (Å²) < 4.78 is 37.7. The number of carbonyl (C=O) groups excluding carboxylic acids is 1. The van der Waals surface area contributed by atoms with Gasteiger partial charge < -0.3 is 18.5 Å². The molecule has 11 heteroatoms. The monoisotopic (exact) mass is 480 g/mol. The van der Waals surface area contributed by atoms with Crippen molar-refractivity contribution in [1.82, 2.24) is 24.5 Å². The van der Waals surface area contributed by atoms with Gasteiger partial charge in [0, 0.05) is 36.7 Å². The van der Waals surface area contributed by atoms with E-state index in [0.29, 0.717) is 29.5 Å². The van der Waals surface area contributed by atoms with Crippen molar-refractivity contribution >= 4 is 17.2 Å². The summed E-state index contributed by atoms with van der Waals surface area (Å²) in [6, 6.07) is 13.4. The van der Waals surface area contributed by atoms with E-state index in [0.717, 1.165) is 32.0 Å². The van der Waals surface area contributed by atoms with Gasteiger partial charge in [-0.05, 0) is 24.3 Å². The van der Waals surface area contributed by atoms with Gasteiger partial charge in [0.15, 0.2) is 0 Å². The fourth-order valence-electron chi connectivity index (χ4n) is 4.37. The van der Waals surface area contributed by atoms with E-state index < -0.39 is 12.3 Å². The standard InChI is InChI=1S/C24H22F2N6O3/c25-21(26)23-29-28-22(35-23)15-6-7-30-11-17(27-20(30)8-15)12-32(18-4-2-1-3-5-18)24(33)16-9-31(10-16)19-13-34-14-19/h1-8,11,16,19,21H,9-10,12-14H2. The molecule has 9 nitrogen and oxygen atoms in total. The summed E-state index contributed by atoms with van der Waals surface area (Å²) in [6.45, 7) is 3.24. The second-order valence-electron chi connectivity index (χ2n) is 8.76. The Kier molecular flexibility index (Phi) is 5.50. The molecular weight excluding hydrogens is 458 g/mol. The summed E-state index contributed by atoms with van der Waals surface area (Å²) in [5, 5.41) is 7.07. The second kappa shape index (κ2) is 8.82. The van der Waals surface area contributed by atoms with Gasteiger partial charge >= 0.3 is 6.43 Å². The van der Waals surface area contributed by atoms with E-state index >= 15 is 0 Å². The topological polar surface area (TPSA) is 89.0 Å². The van der Waals surface area contributed by atoms with E-state index in [-0.39, 0.29) is 17.7 Å². The number of para-hydroxylation sites is 1. The fourth-order valence-corrected chi connectivity index (χ4v) is 4.37. The average molecular weight is 480 g/mol. The average Bonchev–Trinajstić information content (AvgIpc) is 3.45. The molecule has 0 atom stereocenters. The number of anilines is 1. The van der Waals surface area contributed by atoms with Gasteiger partial charge in [0.1, 0.15) is 5.65 Å². The Balaban J connectivity index is 1.23. The Bertz CT molecular complexity index is 1350. The summed E-state index contributed by atoms with van der Waals surface area (Å²) >= 11 is 0. The molecule has 4 aromatic rings. The molecule has 0 saturated carbocycles. The van der Waals surface area contributed by atoms with Crippen LogP contribution in [0, 0.1) is 5.92 Å². The third-order valence-corrected chi connectivity index (χ3v) is 6.43. The van der Waals surface area contributed by atoms with Crippen LogP contribution >= 0.6 is 0 Å². The number of likely N-dealkylation sites (tertiary alicyclic amines) is 1. The van der Waals surface area contributed by atoms with Gasteiger partial charge in [-0.3, -0.25) is 9.69 Å². The van der Waals surface area contributed by atoms with Crippen molar-refractivity contribution < 1.29 is 22.7 Å². The summed E-state index contributed by atoms with van der Waals surface area (Å²) in [7, 11) is 0. The molecule has 3 aromatic heterocycles. The maximum absolute atomic E-state index is 13.5. The number of nitrogens with zero attached hydrogens (tertiary/aromatic N) is 6. The largest absolute Gasteiger partial charge is 0.415 e. The smallest absolute Gasteiger partial charge is 0.314 e. The number of aromatic nitrogens is 4. The summed E-state index contributed by atoms with van der Waals surface area (Å²) in [4.78, 5) is 22.2. The Morgan fingerprint density at radius 1 is 1.14 bits per heavy atom. The SMILES string of the molecule is O=C(C1CN(C2COC2)C1)N(Cc1cn2ccc(-c3nnc(C(F)F)o3)cc2n1)c1ccccc1. The van der Waals surface area contributed by atoms with Gasteiger partial charge in [0.05, 0.1) is 37.4 Å². The predicted octanol–water partition coefficient (Wildman–Crippen LogP) is 3.19. The quantitative estimate of drug-likeness (QED) is 0.401. The highest BCUT2D eigenvalue weighted by atomic mass is 19.3. The first-order valence-electron chi connectivity index (χ1n) is 11.3. The predicted molar refractivity (Wildman–Crippen MR) is 121 cm³/mol. The lowest BCUT2D eigenvalue weighted by Crippen LogP contribution is -2.62. The number of rotatable bonds is 7. The lowest BCUT2D eigenvalue weighted by molar-refractivity contribution is -0.138. The van der Waals surface area contributed by atoms with Crippen molar-refractivity contribution in [2.45, 2.75) is 19.0 Å². The zero-order valence-electron chi connectivity index (χ0n) is 18.6. The minimum absolute atomic E-state index is 0.000148. The molecule has 2 saturated heterocycles. The number of halogens is 2. The van der Waals surface area contributed by atoms with E-state index in [1.165, 1.54) is 0 Å². The van der Waals surface area contributed by atoms with Crippen LogP contribution < -0.4 is 4.90 Å². The van der Waals surface area contributed by atoms with Gasteiger partial charge in [-0.15, -0.1) is 10.2 Å². The van der Waals surface area contributed by atoms with Crippen molar-refractivity contribution in [2.24, 2.45) is 5.92 Å². The van der Waals surface area contributed by atoms with Crippen LogP contribution in [0.1, 0.15) is 18.0 Å². The molecule has 5 heterocycles. The second-order valence-corrected chi connectivity index (χ2v) is 8.76. The molecule has 2 fully saturated rings. The van der Waals surface area contributed by atoms with Crippen LogP contribution in [-0.4, -0.2) is 62.7 Å². The van der Waals surface area contributed by atoms with Crippen molar-refractivity contribution in [1.29, 1.82) is 0 Å². The van der Waals surface area contributed by atoms with Crippen LogP contribution in [0.5, 0.6) is 0 Å². The van der Waals surface area contributed by atoms with Crippen LogP contribution in [0.2, 0.25) is 0 Å². The molecule has 0 aliphatic carbocycles. The van der Waals surface area contributed by atoms with Crippen molar-refractivity contribution in [3.05, 3.63) is 66.4 Å². The molecule has 180 valence electrons. The van der Waals surface area contributed by atoms with Crippen LogP contribution in [0.4, 0.5) is 14.5 Å². The molecule has 1 aromatic carbocycles. The first kappa shape index (κ1) is 21.8. The van der Waals surface area contributed by atoms with Crippen LogP contribution in [0.25, 0.3) is 17.1 Å². The molecule has 0 radical (unpaired) electrons. The zero-order chi connectivity index (χ0) is 23.9. The van der Waals surface area contributed by atoms with Gasteiger partial charge in [0.25, 0.3) is 5.89 Å². The Morgan fingerprint density at radius 3 is 2.63 bits per heavy atom. The zero-order valence-corrected chi connectivity index (χ0v) is 18.6. The maximum atomic E-state index is 13.5. The summed E-state index contributed by atoms with van der Waals surface area (Å²) in [5.41, 5.74) is 2.57. The molecule has 0 N–H and O–H groups in total. The first-order chi connectivity index (χ1) is 17.0. The Hall–Kier alpha value is -3.70. The van der Waals surface area contributed by atoms with Crippen molar-refractivity contribution in [3.63, 3.8) is 0 Å². The van der Waals surface area contributed by atoms with Crippen molar-refractivity contribution in [2.75, 3.05) is 31.2 Å². The third kappa shape index (κ3) is 4.17. The molecular formula is C24H22F2N6O3. The van der Waals surface area contributed by atoms with Crippen LogP contribution in [0.3, 0.4) is 0 Å². The molecule has 0 bridgehead atoms. The van der Waals surface area contributed by atoms with Gasteiger partial charge in [-0.25, -0.2) is 4.98 Å². The number of hydrogen-bond donors (Lipinski definition) is 0. The minimum atomic E-state index is -2.83. The van der Waals surface area contributed by atoms with Gasteiger partial charge in [0.2, 0.25) is 11.8 Å². The molecule has 0 unspecified atom stereocenters. The number of carbonyl (C=O) groups is 1. The number of ether oxygens (including phenoxy) is 1. The van der Waals surface area contributed by atoms with Gasteiger partial charge in [-0.2, -0.15) is 8.78 Å². The van der Waals surface area contributed by atoms with E-state index in [9.17, 15) is 13.6 Å². The molecule has 0 spiro atoms. The Labute approximate surface area is 198 Å². The highest BCUT2D eigenvalue weighted by Crippen LogP contribution is 2.28. The lowest BCUT2D eigenvalue weighted by Gasteiger charge is -2.47. The molecule has 2 aliphatic rings. The summed E-state index contributed by atoms with van der Waals surface area (Å²) in [6.07, 6.45) is 0.760. The van der Waals surface area contributed by atoms with Crippen LogP contribution in [0.15, 0.2) is 59.3 Å². The third-order valence-electron chi connectivity index (χ3n) is 6.43. The minimum Gasteiger partial charge on any atom is -0.415 e. The Morgan fingerprint density at radius 2 is 1.94 bits per heavy atom. The lowest BCUT2D eigenvalue weighted by atomic mass is 9.95. The molecule has 35 heavy (non-hydrogen) atoms. The number of hydrogen-bond acceptors (Lipinski definition) is 7. The first-order valence-corrected chi connectivity index (χ1v) is 11.3. The van der Waals surface area contributed by atoms with E-state index in [1.807, 2.05) is 36.5 Å².